The van der Waals surface area contributed by atoms with E-state index in [1.807, 2.05) is 0 Å². The van der Waals surface area contributed by atoms with E-state index >= 15 is 0 Å². The van der Waals surface area contributed by atoms with Gasteiger partial charge < -0.3 is 14.6 Å². The fraction of sp³-hybridized carbons (Fsp3) is 0.214. The number of phenols is 1. The Balaban J connectivity index is 2.88. The third-order valence-electron chi connectivity index (χ3n) is 2.95. The maximum Gasteiger partial charge on any atom is 0.356 e. The molecule has 0 saturated carbocycles. The van der Waals surface area contributed by atoms with E-state index in [9.17, 15) is 14.7 Å². The van der Waals surface area contributed by atoms with E-state index in [-0.39, 0.29) is 22.5 Å². The van der Waals surface area contributed by atoms with Crippen LogP contribution in [0.4, 0.5) is 0 Å². The van der Waals surface area contributed by atoms with Crippen molar-refractivity contribution >= 4 is 22.8 Å². The monoisotopic (exact) mass is 275 g/mol. The average Bonchev–Trinajstić information content (AvgIpc) is 2.48. The summed E-state index contributed by atoms with van der Waals surface area (Å²) in [5.41, 5.74) is 0.989. The van der Waals surface area contributed by atoms with E-state index in [4.69, 9.17) is 4.74 Å². The summed E-state index contributed by atoms with van der Waals surface area (Å²) in [5, 5.41) is 10.3. The molecule has 0 fully saturated rings. The van der Waals surface area contributed by atoms with Gasteiger partial charge in [-0.3, -0.25) is 0 Å². The first-order valence-electron chi connectivity index (χ1n) is 5.79. The van der Waals surface area contributed by atoms with Crippen LogP contribution < -0.4 is 0 Å². The molecule has 0 atom stereocenters. The topological polar surface area (TPSA) is 85.7 Å². The number of aromatic nitrogens is 1. The molecule has 0 aliphatic rings. The molecule has 0 radical (unpaired) electrons. The standard InChI is InChI=1S/C14H13NO5/c1-7-4-5-10(16)12-11(7)8(13(17)19-2)6-9(15-12)14(18)20-3/h4-6,16H,1-3H3. The number of carbonyl (C=O) groups excluding carboxylic acids is 2. The minimum atomic E-state index is -0.696. The number of aromatic hydroxyl groups is 1. The summed E-state index contributed by atoms with van der Waals surface area (Å²) < 4.78 is 9.30. The average molecular weight is 275 g/mol. The summed E-state index contributed by atoms with van der Waals surface area (Å²) in [7, 11) is 2.45. The highest BCUT2D eigenvalue weighted by atomic mass is 16.5. The molecule has 1 heterocycles. The fourth-order valence-corrected chi connectivity index (χ4v) is 1.98. The van der Waals surface area contributed by atoms with Gasteiger partial charge in [0.25, 0.3) is 0 Å². The van der Waals surface area contributed by atoms with Crippen LogP contribution in [0.3, 0.4) is 0 Å². The molecule has 0 unspecified atom stereocenters. The number of pyridine rings is 1. The number of phenolic OH excluding ortho intramolecular Hbond substituents is 1. The SMILES string of the molecule is COC(=O)c1cc(C(=O)OC)c2c(C)ccc(O)c2n1. The highest BCUT2D eigenvalue weighted by Crippen LogP contribution is 2.29. The van der Waals surface area contributed by atoms with Crippen molar-refractivity contribution in [2.45, 2.75) is 6.92 Å². The van der Waals surface area contributed by atoms with Crippen molar-refractivity contribution in [3.05, 3.63) is 35.0 Å². The summed E-state index contributed by atoms with van der Waals surface area (Å²) >= 11 is 0. The summed E-state index contributed by atoms with van der Waals surface area (Å²) in [6.45, 7) is 1.77. The summed E-state index contributed by atoms with van der Waals surface area (Å²) in [6.07, 6.45) is 0. The molecule has 1 N–H and O–H groups in total. The van der Waals surface area contributed by atoms with Gasteiger partial charge in [-0.2, -0.15) is 0 Å². The third-order valence-corrected chi connectivity index (χ3v) is 2.95. The summed E-state index contributed by atoms with van der Waals surface area (Å²) in [6, 6.07) is 4.41. The first-order valence-corrected chi connectivity index (χ1v) is 5.79. The lowest BCUT2D eigenvalue weighted by Gasteiger charge is -2.10. The van der Waals surface area contributed by atoms with Crippen LogP contribution in [-0.4, -0.2) is 36.2 Å². The van der Waals surface area contributed by atoms with Crippen molar-refractivity contribution in [1.82, 2.24) is 4.98 Å². The quantitative estimate of drug-likeness (QED) is 0.841. The van der Waals surface area contributed by atoms with Gasteiger partial charge in [0.2, 0.25) is 0 Å². The lowest BCUT2D eigenvalue weighted by Crippen LogP contribution is -2.10. The Morgan fingerprint density at radius 3 is 2.40 bits per heavy atom. The molecule has 0 bridgehead atoms. The maximum absolute atomic E-state index is 11.9. The Kier molecular flexibility index (Phi) is 3.56. The van der Waals surface area contributed by atoms with Gasteiger partial charge in [0.15, 0.2) is 0 Å². The van der Waals surface area contributed by atoms with Gasteiger partial charge >= 0.3 is 11.9 Å². The maximum atomic E-state index is 11.9. The lowest BCUT2D eigenvalue weighted by atomic mass is 10.0. The molecule has 0 spiro atoms. The first kappa shape index (κ1) is 13.8. The highest BCUT2D eigenvalue weighted by Gasteiger charge is 2.20. The van der Waals surface area contributed by atoms with E-state index in [2.05, 4.69) is 9.72 Å². The molecule has 0 aliphatic carbocycles. The molecule has 2 rings (SSSR count). The number of ether oxygens (including phenoxy) is 2. The van der Waals surface area contributed by atoms with Crippen molar-refractivity contribution in [2.24, 2.45) is 0 Å². The van der Waals surface area contributed by atoms with Crippen LogP contribution in [0, 0.1) is 6.92 Å². The number of methoxy groups -OCH3 is 2. The zero-order valence-corrected chi connectivity index (χ0v) is 11.3. The number of rotatable bonds is 2. The molecule has 0 amide bonds. The molecule has 2 aromatic rings. The fourth-order valence-electron chi connectivity index (χ4n) is 1.98. The van der Waals surface area contributed by atoms with Crippen molar-refractivity contribution in [1.29, 1.82) is 0 Å². The molecule has 6 nitrogen and oxygen atoms in total. The van der Waals surface area contributed by atoms with E-state index in [1.165, 1.54) is 26.4 Å². The molecule has 6 heteroatoms. The predicted molar refractivity (Wildman–Crippen MR) is 70.8 cm³/mol. The van der Waals surface area contributed by atoms with E-state index in [0.717, 1.165) is 5.56 Å². The van der Waals surface area contributed by atoms with Crippen LogP contribution >= 0.6 is 0 Å². The van der Waals surface area contributed by atoms with Crippen LogP contribution in [0.15, 0.2) is 18.2 Å². The minimum Gasteiger partial charge on any atom is -0.506 e. The van der Waals surface area contributed by atoms with Crippen LogP contribution in [0.25, 0.3) is 10.9 Å². The number of benzene rings is 1. The first-order chi connectivity index (χ1) is 9.49. The van der Waals surface area contributed by atoms with Crippen molar-refractivity contribution in [3.63, 3.8) is 0 Å². The Hall–Kier alpha value is -2.63. The molecule has 0 aliphatic heterocycles. The Morgan fingerprint density at radius 1 is 1.15 bits per heavy atom. The summed E-state index contributed by atoms with van der Waals surface area (Å²) in [5.74, 6) is -1.43. The number of hydrogen-bond donors (Lipinski definition) is 1. The number of nitrogens with zero attached hydrogens (tertiary/aromatic N) is 1. The van der Waals surface area contributed by atoms with Gasteiger partial charge in [0, 0.05) is 5.39 Å². The van der Waals surface area contributed by atoms with E-state index in [0.29, 0.717) is 5.39 Å². The van der Waals surface area contributed by atoms with Gasteiger partial charge in [-0.1, -0.05) is 6.07 Å². The second-order valence-corrected chi connectivity index (χ2v) is 4.16. The zero-order chi connectivity index (χ0) is 14.9. The summed E-state index contributed by atoms with van der Waals surface area (Å²) in [4.78, 5) is 27.5. The van der Waals surface area contributed by atoms with Gasteiger partial charge in [-0.15, -0.1) is 0 Å². The van der Waals surface area contributed by atoms with Crippen molar-refractivity contribution in [3.8, 4) is 5.75 Å². The molecule has 20 heavy (non-hydrogen) atoms. The highest BCUT2D eigenvalue weighted by molar-refractivity contribution is 6.08. The molecule has 104 valence electrons. The van der Waals surface area contributed by atoms with Gasteiger partial charge in [-0.05, 0) is 24.6 Å². The van der Waals surface area contributed by atoms with Gasteiger partial charge in [0.05, 0.1) is 19.8 Å². The number of aryl methyl sites for hydroxylation is 1. The smallest absolute Gasteiger partial charge is 0.356 e. The van der Waals surface area contributed by atoms with Gasteiger partial charge in [0.1, 0.15) is 17.0 Å². The molecular formula is C14H13NO5. The molecule has 1 aromatic carbocycles. The number of carbonyl (C=O) groups is 2. The van der Waals surface area contributed by atoms with Crippen molar-refractivity contribution < 1.29 is 24.2 Å². The van der Waals surface area contributed by atoms with E-state index in [1.54, 1.807) is 13.0 Å². The van der Waals surface area contributed by atoms with Crippen LogP contribution in [0.5, 0.6) is 5.75 Å². The Bertz CT molecular complexity index is 708. The number of fused-ring (bicyclic) bond motifs is 1. The van der Waals surface area contributed by atoms with Gasteiger partial charge in [-0.25, -0.2) is 14.6 Å². The van der Waals surface area contributed by atoms with E-state index < -0.39 is 11.9 Å². The second kappa shape index (κ2) is 5.16. The Labute approximate surface area is 115 Å². The predicted octanol–water partition coefficient (Wildman–Crippen LogP) is 1.82. The van der Waals surface area contributed by atoms with Crippen LogP contribution in [-0.2, 0) is 9.47 Å². The number of esters is 2. The Morgan fingerprint density at radius 2 is 1.80 bits per heavy atom. The zero-order valence-electron chi connectivity index (χ0n) is 11.3. The largest absolute Gasteiger partial charge is 0.506 e. The third kappa shape index (κ3) is 2.16. The normalized spacial score (nSPS) is 10.3. The second-order valence-electron chi connectivity index (χ2n) is 4.16. The molecule has 1 aromatic heterocycles. The number of hydrogen-bond acceptors (Lipinski definition) is 6. The molecule has 0 saturated heterocycles. The van der Waals surface area contributed by atoms with Crippen molar-refractivity contribution in [2.75, 3.05) is 14.2 Å². The van der Waals surface area contributed by atoms with Crippen LogP contribution in [0.2, 0.25) is 0 Å². The molecular weight excluding hydrogens is 262 g/mol. The lowest BCUT2D eigenvalue weighted by molar-refractivity contribution is 0.0594. The minimum absolute atomic E-state index is 0.0682. The van der Waals surface area contributed by atoms with Crippen LogP contribution in [0.1, 0.15) is 26.4 Å².